The zero-order chi connectivity index (χ0) is 57.3. The summed E-state index contributed by atoms with van der Waals surface area (Å²) in [5.41, 5.74) is 26.8. The number of hydrogen-bond acceptors (Lipinski definition) is 1. The minimum absolute atomic E-state index is 0.0216. The summed E-state index contributed by atoms with van der Waals surface area (Å²) < 4.78 is 4.87. The van der Waals surface area contributed by atoms with Crippen LogP contribution in [0.3, 0.4) is 0 Å². The molecule has 406 valence electrons. The SMILES string of the molecule is CC(C)(C)c1ccc(-n2c3ccc(C4(c5ccccc5)c5ccccc5-c5ccccc54)cc3c3cc(C4(c5ccc(-c6cncc(-c7ccc(-n8c9ccccc9c9ccccc98)cc7)c6)cc5)c5ccccc5-c5ccccc54)ccc32)cc1. The summed E-state index contributed by atoms with van der Waals surface area (Å²) in [6.45, 7) is 6.87. The van der Waals surface area contributed by atoms with E-state index in [1.165, 1.54) is 116 Å². The van der Waals surface area contributed by atoms with Crippen molar-refractivity contribution in [3.8, 4) is 55.9 Å². The van der Waals surface area contributed by atoms with Gasteiger partial charge in [-0.2, -0.15) is 0 Å². The summed E-state index contributed by atoms with van der Waals surface area (Å²) in [4.78, 5) is 4.87. The molecular formula is C83H59N3. The fraction of sp³-hybridized carbons (Fsp3) is 0.0723. The van der Waals surface area contributed by atoms with Gasteiger partial charge in [-0.3, -0.25) is 4.98 Å². The van der Waals surface area contributed by atoms with Crippen molar-refractivity contribution in [2.24, 2.45) is 0 Å². The third-order valence-corrected chi connectivity index (χ3v) is 19.2. The van der Waals surface area contributed by atoms with E-state index in [-0.39, 0.29) is 5.41 Å². The largest absolute Gasteiger partial charge is 0.309 e. The van der Waals surface area contributed by atoms with E-state index in [9.17, 15) is 0 Å². The molecule has 3 aromatic heterocycles. The molecule has 0 aliphatic heterocycles. The molecular weight excluding hydrogens is 1040 g/mol. The van der Waals surface area contributed by atoms with E-state index < -0.39 is 10.8 Å². The maximum Gasteiger partial charge on any atom is 0.0713 e. The lowest BCUT2D eigenvalue weighted by atomic mass is 9.67. The molecule has 0 atom stereocenters. The number of nitrogens with zero attached hydrogens (tertiary/aromatic N) is 3. The molecule has 0 unspecified atom stereocenters. The summed E-state index contributed by atoms with van der Waals surface area (Å²) in [5, 5.41) is 4.95. The topological polar surface area (TPSA) is 22.8 Å². The van der Waals surface area contributed by atoms with Gasteiger partial charge in [0, 0.05) is 56.4 Å². The van der Waals surface area contributed by atoms with Crippen molar-refractivity contribution in [1.82, 2.24) is 14.1 Å². The van der Waals surface area contributed by atoms with Crippen LogP contribution in [-0.2, 0) is 16.2 Å². The molecule has 12 aromatic carbocycles. The fourth-order valence-corrected chi connectivity index (χ4v) is 15.3. The van der Waals surface area contributed by atoms with Crippen LogP contribution in [0.25, 0.3) is 99.5 Å². The van der Waals surface area contributed by atoms with Gasteiger partial charge >= 0.3 is 0 Å². The summed E-state index contributed by atoms with van der Waals surface area (Å²) >= 11 is 0. The maximum atomic E-state index is 4.87. The molecule has 0 saturated heterocycles. The van der Waals surface area contributed by atoms with Crippen molar-refractivity contribution >= 4 is 43.6 Å². The number of aromatic nitrogens is 3. The number of fused-ring (bicyclic) bond motifs is 12. The van der Waals surface area contributed by atoms with Crippen molar-refractivity contribution in [3.05, 3.63) is 354 Å². The van der Waals surface area contributed by atoms with Crippen LogP contribution < -0.4 is 0 Å². The predicted molar refractivity (Wildman–Crippen MR) is 357 cm³/mol. The lowest BCUT2D eigenvalue weighted by molar-refractivity contribution is 0.590. The Kier molecular flexibility index (Phi) is 11.0. The first-order valence-corrected chi connectivity index (χ1v) is 30.1. The van der Waals surface area contributed by atoms with E-state index in [4.69, 9.17) is 4.98 Å². The quantitative estimate of drug-likeness (QED) is 0.149. The van der Waals surface area contributed by atoms with Gasteiger partial charge in [-0.1, -0.05) is 245 Å². The molecule has 3 heteroatoms. The summed E-state index contributed by atoms with van der Waals surface area (Å²) in [5.74, 6) is 0. The van der Waals surface area contributed by atoms with Gasteiger partial charge in [0.05, 0.1) is 32.9 Å². The van der Waals surface area contributed by atoms with Crippen LogP contribution >= 0.6 is 0 Å². The standard InChI is InChI=1S/C83H59N3/c1-81(2,3)58-39-45-64(46-40-58)86-79-47-41-61(82(59-19-5-4-6-20-59)73-27-13-7-21-65(73)66-22-8-14-28-74(66)82)50-71(79)72-51-62(42-48-80(72)86)83(75-29-15-9-23-67(75)68-24-10-16-30-76(68)83)60-37-33-54(34-38-60)56-49-57(53-84-52-56)55-35-43-63(44-36-55)85-77-31-17-11-25-69(77)70-26-12-18-32-78(70)85/h4-53H,1-3H3. The van der Waals surface area contributed by atoms with Gasteiger partial charge in [0.15, 0.2) is 0 Å². The average Bonchev–Trinajstić information content (AvgIpc) is 1.86. The van der Waals surface area contributed by atoms with Gasteiger partial charge in [0.25, 0.3) is 0 Å². The molecule has 17 rings (SSSR count). The molecule has 2 aliphatic rings. The average molecular weight is 1100 g/mol. The fourth-order valence-electron chi connectivity index (χ4n) is 15.3. The van der Waals surface area contributed by atoms with Crippen LogP contribution in [0, 0.1) is 0 Å². The molecule has 0 fully saturated rings. The minimum Gasteiger partial charge on any atom is -0.309 e. The van der Waals surface area contributed by atoms with E-state index in [0.29, 0.717) is 0 Å². The molecule has 2 aliphatic carbocycles. The second kappa shape index (κ2) is 19.0. The molecule has 0 spiro atoms. The highest BCUT2D eigenvalue weighted by Crippen LogP contribution is 2.59. The lowest BCUT2D eigenvalue weighted by Crippen LogP contribution is -2.28. The highest BCUT2D eigenvalue weighted by atomic mass is 15.0. The van der Waals surface area contributed by atoms with Crippen molar-refractivity contribution in [1.29, 1.82) is 0 Å². The zero-order valence-electron chi connectivity index (χ0n) is 48.2. The van der Waals surface area contributed by atoms with Crippen molar-refractivity contribution in [3.63, 3.8) is 0 Å². The molecule has 15 aromatic rings. The minimum atomic E-state index is -0.646. The summed E-state index contributed by atoms with van der Waals surface area (Å²) in [6, 6.07) is 109. The van der Waals surface area contributed by atoms with Gasteiger partial charge in [-0.05, 0) is 156 Å². The highest BCUT2D eigenvalue weighted by molar-refractivity contribution is 6.11. The molecule has 3 heterocycles. The normalized spacial score (nSPS) is 13.7. The Morgan fingerprint density at radius 2 is 0.628 bits per heavy atom. The number of benzene rings is 12. The van der Waals surface area contributed by atoms with Crippen LogP contribution in [0.15, 0.2) is 304 Å². The zero-order valence-corrected chi connectivity index (χ0v) is 48.2. The van der Waals surface area contributed by atoms with E-state index in [2.05, 4.69) is 321 Å². The monoisotopic (exact) mass is 1100 g/mol. The van der Waals surface area contributed by atoms with Gasteiger partial charge in [-0.15, -0.1) is 0 Å². The predicted octanol–water partition coefficient (Wildman–Crippen LogP) is 20.6. The number of rotatable bonds is 8. The Morgan fingerprint density at radius 1 is 0.279 bits per heavy atom. The summed E-state index contributed by atoms with van der Waals surface area (Å²) in [7, 11) is 0. The number of pyridine rings is 1. The summed E-state index contributed by atoms with van der Waals surface area (Å²) in [6.07, 6.45) is 3.99. The number of hydrogen-bond donors (Lipinski definition) is 0. The third-order valence-electron chi connectivity index (χ3n) is 19.2. The second-order valence-electron chi connectivity index (χ2n) is 24.6. The van der Waals surface area contributed by atoms with E-state index in [1.807, 2.05) is 12.4 Å². The number of para-hydroxylation sites is 2. The van der Waals surface area contributed by atoms with Crippen molar-refractivity contribution < 1.29 is 0 Å². The van der Waals surface area contributed by atoms with Crippen LogP contribution in [0.2, 0.25) is 0 Å². The molecule has 0 amide bonds. The maximum absolute atomic E-state index is 4.87. The Bertz CT molecular complexity index is 5040. The first-order chi connectivity index (χ1) is 42.3. The second-order valence-corrected chi connectivity index (χ2v) is 24.6. The molecule has 86 heavy (non-hydrogen) atoms. The first-order valence-electron chi connectivity index (χ1n) is 30.1. The smallest absolute Gasteiger partial charge is 0.0713 e. The Morgan fingerprint density at radius 3 is 1.07 bits per heavy atom. The lowest BCUT2D eigenvalue weighted by Gasteiger charge is -2.34. The van der Waals surface area contributed by atoms with Gasteiger partial charge in [-0.25, -0.2) is 0 Å². The third kappa shape index (κ3) is 7.18. The molecule has 0 radical (unpaired) electrons. The molecule has 3 nitrogen and oxygen atoms in total. The van der Waals surface area contributed by atoms with Crippen LogP contribution in [0.5, 0.6) is 0 Å². The van der Waals surface area contributed by atoms with Crippen molar-refractivity contribution in [2.75, 3.05) is 0 Å². The molecule has 0 bridgehead atoms. The highest BCUT2D eigenvalue weighted by Gasteiger charge is 2.48. The molecule has 0 N–H and O–H groups in total. The van der Waals surface area contributed by atoms with Crippen LogP contribution in [-0.4, -0.2) is 14.1 Å². The Labute approximate surface area is 501 Å². The van der Waals surface area contributed by atoms with E-state index in [1.54, 1.807) is 0 Å². The van der Waals surface area contributed by atoms with E-state index in [0.717, 1.165) is 33.6 Å². The Balaban J connectivity index is 0.839. The van der Waals surface area contributed by atoms with Crippen LogP contribution in [0.4, 0.5) is 0 Å². The van der Waals surface area contributed by atoms with Gasteiger partial charge in [0.1, 0.15) is 0 Å². The van der Waals surface area contributed by atoms with Gasteiger partial charge in [0.2, 0.25) is 0 Å². The first kappa shape index (κ1) is 50.0. The van der Waals surface area contributed by atoms with Crippen LogP contribution in [0.1, 0.15) is 70.8 Å². The Hall–Kier alpha value is -10.6. The van der Waals surface area contributed by atoms with Crippen molar-refractivity contribution in [2.45, 2.75) is 37.0 Å². The molecule has 0 saturated carbocycles. The van der Waals surface area contributed by atoms with Gasteiger partial charge < -0.3 is 9.13 Å². The van der Waals surface area contributed by atoms with E-state index >= 15 is 0 Å².